The molecule has 0 heterocycles. The largest absolute Gasteiger partial charge is 0.534 e. The van der Waals surface area contributed by atoms with Crippen LogP contribution in [0.15, 0.2) is 84.9 Å². The number of hydrogen-bond acceptors (Lipinski definition) is 10. The van der Waals surface area contributed by atoms with E-state index in [2.05, 4.69) is 14.8 Å². The maximum Gasteiger partial charge on any atom is 0.534 e. The number of alkyl halides is 3. The molecule has 0 saturated carbocycles. The van der Waals surface area contributed by atoms with Gasteiger partial charge in [0.25, 0.3) is 11.8 Å². The van der Waals surface area contributed by atoms with E-state index in [1.807, 2.05) is 6.07 Å². The Balaban J connectivity index is 0.000000269. The van der Waals surface area contributed by atoms with Crippen LogP contribution in [0.4, 0.5) is 24.5 Å². The van der Waals surface area contributed by atoms with Crippen molar-refractivity contribution in [2.45, 2.75) is 5.51 Å². The van der Waals surface area contributed by atoms with Gasteiger partial charge in [-0.3, -0.25) is 9.59 Å². The van der Waals surface area contributed by atoms with Crippen LogP contribution in [0.25, 0.3) is 0 Å². The van der Waals surface area contributed by atoms with E-state index in [-0.39, 0.29) is 22.9 Å². The van der Waals surface area contributed by atoms with Gasteiger partial charge in [0, 0.05) is 46.8 Å². The van der Waals surface area contributed by atoms with Crippen LogP contribution in [-0.4, -0.2) is 54.2 Å². The van der Waals surface area contributed by atoms with Crippen molar-refractivity contribution in [1.82, 2.24) is 0 Å². The second kappa shape index (κ2) is 16.1. The molecule has 0 unspecified atom stereocenters. The molecular formula is C32H28F3N3O9S. The standard InChI is InChI=1S/C16H14F3NO6S.C16H14N2O3/c1-24-12-5-3-10(4-6-12)15(21)20-11-7-13(25-2)9-14(8-11)26-27(22,23)16(17,18)19;1-20-14-5-3-12(4-6-14)16(19)18-13-7-11(10-17)8-15(9-13)21-2/h3-9H,1-2H3,(H,20,21);3-9H,1-2H3,(H,18,19). The minimum atomic E-state index is -5.86. The van der Waals surface area contributed by atoms with Crippen LogP contribution in [0, 0.1) is 11.3 Å². The van der Waals surface area contributed by atoms with Gasteiger partial charge >= 0.3 is 15.6 Å². The number of carbonyl (C=O) groups is 2. The van der Waals surface area contributed by atoms with Crippen molar-refractivity contribution in [3.63, 3.8) is 0 Å². The molecule has 48 heavy (non-hydrogen) atoms. The van der Waals surface area contributed by atoms with Crippen molar-refractivity contribution in [3.05, 3.63) is 102 Å². The molecule has 2 N–H and O–H groups in total. The molecule has 0 radical (unpaired) electrons. The van der Waals surface area contributed by atoms with E-state index in [1.165, 1.54) is 39.5 Å². The number of amides is 2. The lowest BCUT2D eigenvalue weighted by molar-refractivity contribution is -0.0500. The van der Waals surface area contributed by atoms with Gasteiger partial charge in [-0.1, -0.05) is 0 Å². The fraction of sp³-hybridized carbons (Fsp3) is 0.156. The van der Waals surface area contributed by atoms with Crippen molar-refractivity contribution in [3.8, 4) is 34.8 Å². The molecule has 0 spiro atoms. The number of ether oxygens (including phenoxy) is 4. The summed E-state index contributed by atoms with van der Waals surface area (Å²) in [5.41, 5.74) is -3.96. The first-order valence-corrected chi connectivity index (χ1v) is 14.8. The summed E-state index contributed by atoms with van der Waals surface area (Å²) in [4.78, 5) is 24.4. The number of hydrogen-bond donors (Lipinski definition) is 2. The van der Waals surface area contributed by atoms with Crippen LogP contribution < -0.4 is 33.8 Å². The van der Waals surface area contributed by atoms with E-state index in [4.69, 9.17) is 24.2 Å². The number of methoxy groups -OCH3 is 4. The summed E-state index contributed by atoms with van der Waals surface area (Å²) in [6, 6.07) is 22.8. The second-order valence-electron chi connectivity index (χ2n) is 9.31. The van der Waals surface area contributed by atoms with E-state index < -0.39 is 27.3 Å². The summed E-state index contributed by atoms with van der Waals surface area (Å²) in [7, 11) is -0.118. The highest BCUT2D eigenvalue weighted by molar-refractivity contribution is 7.88. The smallest absolute Gasteiger partial charge is 0.497 e. The minimum absolute atomic E-state index is 0.0186. The number of benzene rings is 4. The molecule has 0 saturated heterocycles. The van der Waals surface area contributed by atoms with Gasteiger partial charge in [-0.2, -0.15) is 26.9 Å². The number of anilines is 2. The summed E-state index contributed by atoms with van der Waals surface area (Å²) >= 11 is 0. The molecule has 16 heteroatoms. The van der Waals surface area contributed by atoms with Crippen LogP contribution in [0.5, 0.6) is 28.7 Å². The third-order valence-corrected chi connectivity index (χ3v) is 7.08. The summed E-state index contributed by atoms with van der Waals surface area (Å²) in [6.45, 7) is 0. The highest BCUT2D eigenvalue weighted by Crippen LogP contribution is 2.32. The lowest BCUT2D eigenvalue weighted by Crippen LogP contribution is -2.28. The molecule has 0 aliphatic rings. The number of nitriles is 1. The number of halogens is 3. The fourth-order valence-electron chi connectivity index (χ4n) is 3.73. The van der Waals surface area contributed by atoms with Crippen LogP contribution in [0.2, 0.25) is 0 Å². The lowest BCUT2D eigenvalue weighted by Gasteiger charge is -2.13. The molecule has 2 amide bonds. The summed E-state index contributed by atoms with van der Waals surface area (Å²) in [5, 5.41) is 14.1. The van der Waals surface area contributed by atoms with Crippen LogP contribution in [0.1, 0.15) is 26.3 Å². The Bertz CT molecular complexity index is 1890. The molecule has 12 nitrogen and oxygen atoms in total. The molecule has 0 aliphatic heterocycles. The Labute approximate surface area is 273 Å². The first-order valence-electron chi connectivity index (χ1n) is 13.4. The molecule has 0 aliphatic carbocycles. The number of nitrogens with zero attached hydrogens (tertiary/aromatic N) is 1. The number of carbonyl (C=O) groups excluding carboxylic acids is 2. The Hall–Kier alpha value is -5.95. The Kier molecular flexibility index (Phi) is 12.2. The highest BCUT2D eigenvalue weighted by atomic mass is 32.2. The van der Waals surface area contributed by atoms with Crippen molar-refractivity contribution in [1.29, 1.82) is 5.26 Å². The molecule has 4 rings (SSSR count). The molecule has 0 atom stereocenters. The SMILES string of the molecule is COc1ccc(C(=O)Nc2cc(C#N)cc(OC)c2)cc1.COc1ccc(C(=O)Nc2cc(OC)cc(OS(=O)(=O)C(F)(F)F)c2)cc1. The third kappa shape index (κ3) is 10.0. The van der Waals surface area contributed by atoms with E-state index in [1.54, 1.807) is 61.7 Å². The molecule has 0 aromatic heterocycles. The van der Waals surface area contributed by atoms with E-state index in [0.29, 0.717) is 34.1 Å². The normalized spacial score (nSPS) is 10.7. The van der Waals surface area contributed by atoms with Crippen molar-refractivity contribution in [2.75, 3.05) is 39.1 Å². The third-order valence-electron chi connectivity index (χ3n) is 6.10. The quantitative estimate of drug-likeness (QED) is 0.149. The van der Waals surface area contributed by atoms with Crippen molar-refractivity contribution < 1.29 is 54.3 Å². The predicted octanol–water partition coefficient (Wildman–Crippen LogP) is 6.01. The van der Waals surface area contributed by atoms with Gasteiger partial charge in [-0.05, 0) is 60.7 Å². The van der Waals surface area contributed by atoms with Gasteiger partial charge in [-0.25, -0.2) is 0 Å². The van der Waals surface area contributed by atoms with Gasteiger partial charge < -0.3 is 33.8 Å². The maximum atomic E-state index is 12.5. The monoisotopic (exact) mass is 687 g/mol. The van der Waals surface area contributed by atoms with E-state index in [9.17, 15) is 31.2 Å². The fourth-order valence-corrected chi connectivity index (χ4v) is 4.17. The Morgan fingerprint density at radius 1 is 0.625 bits per heavy atom. The van der Waals surface area contributed by atoms with E-state index >= 15 is 0 Å². The zero-order valence-corrected chi connectivity index (χ0v) is 26.6. The average molecular weight is 688 g/mol. The first-order chi connectivity index (χ1) is 22.7. The highest BCUT2D eigenvalue weighted by Gasteiger charge is 2.48. The van der Waals surface area contributed by atoms with Gasteiger partial charge in [-0.15, -0.1) is 0 Å². The second-order valence-corrected chi connectivity index (χ2v) is 10.8. The average Bonchev–Trinajstić information content (AvgIpc) is 3.07. The van der Waals surface area contributed by atoms with Gasteiger partial charge in [0.15, 0.2) is 0 Å². The Morgan fingerprint density at radius 3 is 1.42 bits per heavy atom. The summed E-state index contributed by atoms with van der Waals surface area (Å²) < 4.78 is 83.8. The first kappa shape index (κ1) is 36.5. The van der Waals surface area contributed by atoms with Gasteiger partial charge in [0.1, 0.15) is 28.7 Å². The molecule has 4 aromatic rings. The molecule has 0 fully saturated rings. The molecule has 4 aromatic carbocycles. The predicted molar refractivity (Wildman–Crippen MR) is 168 cm³/mol. The molecule has 252 valence electrons. The van der Waals surface area contributed by atoms with E-state index in [0.717, 1.165) is 12.1 Å². The summed E-state index contributed by atoms with van der Waals surface area (Å²) in [5.74, 6) is 0.177. The zero-order valence-electron chi connectivity index (χ0n) is 25.7. The zero-order chi connectivity index (χ0) is 35.5. The molecule has 0 bridgehead atoms. The van der Waals surface area contributed by atoms with Gasteiger partial charge in [0.05, 0.1) is 40.1 Å². The number of rotatable bonds is 10. The number of nitrogens with one attached hydrogen (secondary N) is 2. The lowest BCUT2D eigenvalue weighted by atomic mass is 10.1. The summed E-state index contributed by atoms with van der Waals surface area (Å²) in [6.07, 6.45) is 0. The van der Waals surface area contributed by atoms with Crippen molar-refractivity contribution in [2.24, 2.45) is 0 Å². The van der Waals surface area contributed by atoms with Crippen LogP contribution in [0.3, 0.4) is 0 Å². The Morgan fingerprint density at radius 2 is 1.02 bits per heavy atom. The minimum Gasteiger partial charge on any atom is -0.497 e. The topological polar surface area (TPSA) is 162 Å². The van der Waals surface area contributed by atoms with Crippen LogP contribution >= 0.6 is 0 Å². The molecular weight excluding hydrogens is 659 g/mol. The van der Waals surface area contributed by atoms with Crippen LogP contribution in [-0.2, 0) is 10.1 Å². The maximum absolute atomic E-state index is 12.5. The van der Waals surface area contributed by atoms with Gasteiger partial charge in [0.2, 0.25) is 0 Å². The van der Waals surface area contributed by atoms with Crippen molar-refractivity contribution >= 4 is 33.3 Å².